The highest BCUT2D eigenvalue weighted by Gasteiger charge is 2.11. The second-order valence-electron chi connectivity index (χ2n) is 5.83. The molecule has 0 heterocycles. The topological polar surface area (TPSA) is 37.3 Å². The maximum atomic E-state index is 10.6. The minimum Gasteiger partial charge on any atom is -0.480 e. The van der Waals surface area contributed by atoms with Gasteiger partial charge in [0.1, 0.15) is 3.92 Å². The fourth-order valence-corrected chi connectivity index (χ4v) is 2.78. The lowest BCUT2D eigenvalue weighted by atomic mass is 10.1. The number of allylic oxidation sites excluding steroid dienone is 2. The molecule has 1 N–H and O–H groups in total. The van der Waals surface area contributed by atoms with Crippen molar-refractivity contribution < 1.29 is 9.90 Å². The van der Waals surface area contributed by atoms with Gasteiger partial charge in [0.25, 0.3) is 0 Å². The summed E-state index contributed by atoms with van der Waals surface area (Å²) in [5, 5.41) is 8.77. The van der Waals surface area contributed by atoms with Crippen molar-refractivity contribution in [1.82, 2.24) is 0 Å². The van der Waals surface area contributed by atoms with Crippen LogP contribution >= 0.6 is 22.6 Å². The third kappa shape index (κ3) is 16.1. The molecule has 0 amide bonds. The molecule has 1 atom stereocenters. The van der Waals surface area contributed by atoms with E-state index in [1.165, 1.54) is 64.2 Å². The zero-order valence-electron chi connectivity index (χ0n) is 13.7. The highest BCUT2D eigenvalue weighted by Crippen LogP contribution is 2.13. The van der Waals surface area contributed by atoms with Crippen LogP contribution < -0.4 is 0 Å². The average Bonchev–Trinajstić information content (AvgIpc) is 2.47. The van der Waals surface area contributed by atoms with Crippen molar-refractivity contribution in [2.75, 3.05) is 0 Å². The lowest BCUT2D eigenvalue weighted by molar-refractivity contribution is -0.136. The van der Waals surface area contributed by atoms with E-state index in [0.29, 0.717) is 0 Å². The summed E-state index contributed by atoms with van der Waals surface area (Å²) < 4.78 is -0.208. The van der Waals surface area contributed by atoms with Gasteiger partial charge in [-0.1, -0.05) is 93.0 Å². The Balaban J connectivity index is 3.17. The predicted octanol–water partition coefficient (Wildman–Crippen LogP) is 6.52. The first-order valence-corrected chi connectivity index (χ1v) is 9.95. The van der Waals surface area contributed by atoms with Crippen LogP contribution in [-0.4, -0.2) is 15.0 Å². The molecule has 0 aromatic rings. The number of hydrogen-bond donors (Lipinski definition) is 1. The van der Waals surface area contributed by atoms with Crippen molar-refractivity contribution in [1.29, 1.82) is 0 Å². The summed E-state index contributed by atoms with van der Waals surface area (Å²) >= 11 is 2.02. The Morgan fingerprint density at radius 1 is 0.905 bits per heavy atom. The largest absolute Gasteiger partial charge is 0.480 e. The summed E-state index contributed by atoms with van der Waals surface area (Å²) in [4.78, 5) is 10.6. The first-order chi connectivity index (χ1) is 10.2. The van der Waals surface area contributed by atoms with Gasteiger partial charge in [0.2, 0.25) is 0 Å². The van der Waals surface area contributed by atoms with Gasteiger partial charge in [-0.05, 0) is 32.1 Å². The normalized spacial score (nSPS) is 12.9. The van der Waals surface area contributed by atoms with Crippen molar-refractivity contribution in [3.05, 3.63) is 12.2 Å². The second kappa shape index (κ2) is 16.3. The molecule has 1 unspecified atom stereocenters. The molecule has 0 fully saturated rings. The van der Waals surface area contributed by atoms with Crippen LogP contribution in [0.1, 0.15) is 90.4 Å². The quantitative estimate of drug-likeness (QED) is 0.145. The van der Waals surface area contributed by atoms with Crippen LogP contribution in [0.15, 0.2) is 12.2 Å². The fourth-order valence-electron chi connectivity index (χ4n) is 2.34. The third-order valence-corrected chi connectivity index (χ3v) is 4.89. The van der Waals surface area contributed by atoms with Gasteiger partial charge in [-0.3, -0.25) is 4.79 Å². The number of rotatable bonds is 15. The van der Waals surface area contributed by atoms with Crippen molar-refractivity contribution in [3.8, 4) is 0 Å². The number of unbranched alkanes of at least 4 members (excludes halogenated alkanes) is 10. The molecule has 0 rings (SSSR count). The van der Waals surface area contributed by atoms with Crippen molar-refractivity contribution in [2.45, 2.75) is 94.3 Å². The van der Waals surface area contributed by atoms with Gasteiger partial charge in [0.15, 0.2) is 0 Å². The predicted molar refractivity (Wildman–Crippen MR) is 100 cm³/mol. The number of carboxylic acids is 1. The zero-order chi connectivity index (χ0) is 15.8. The SMILES string of the molecule is CCCCCCCC/C=C\CCCCCCC(I)C(=O)O. The van der Waals surface area contributed by atoms with Gasteiger partial charge in [0.05, 0.1) is 0 Å². The zero-order valence-corrected chi connectivity index (χ0v) is 15.8. The summed E-state index contributed by atoms with van der Waals surface area (Å²) in [5.41, 5.74) is 0. The van der Waals surface area contributed by atoms with Crippen LogP contribution in [0, 0.1) is 0 Å². The average molecular weight is 408 g/mol. The molecule has 0 radical (unpaired) electrons. The molecule has 0 bridgehead atoms. The lowest BCUT2D eigenvalue weighted by Crippen LogP contribution is -2.11. The lowest BCUT2D eigenvalue weighted by Gasteiger charge is -2.03. The maximum absolute atomic E-state index is 10.6. The monoisotopic (exact) mass is 408 g/mol. The van der Waals surface area contributed by atoms with Crippen LogP contribution in [-0.2, 0) is 4.79 Å². The molecule has 3 heteroatoms. The van der Waals surface area contributed by atoms with E-state index in [4.69, 9.17) is 5.11 Å². The van der Waals surface area contributed by atoms with E-state index in [1.807, 2.05) is 22.6 Å². The molecule has 0 aliphatic rings. The second-order valence-corrected chi connectivity index (χ2v) is 7.33. The Labute approximate surface area is 144 Å². The Hall–Kier alpha value is -0.0600. The molecule has 0 spiro atoms. The molecule has 0 aromatic carbocycles. The molecule has 0 saturated heterocycles. The Bertz CT molecular complexity index is 264. The molecule has 0 aromatic heterocycles. The standard InChI is InChI=1S/C18H33IO2/c1-2-3-4-5-6-7-8-9-10-11-12-13-14-15-16-17(19)18(20)21/h9-10,17H,2-8,11-16H2,1H3,(H,20,21)/b10-9-. The Morgan fingerprint density at radius 3 is 1.90 bits per heavy atom. The van der Waals surface area contributed by atoms with E-state index in [2.05, 4.69) is 19.1 Å². The van der Waals surface area contributed by atoms with Crippen molar-refractivity contribution in [2.24, 2.45) is 0 Å². The summed E-state index contributed by atoms with van der Waals surface area (Å²) in [6.45, 7) is 2.26. The first kappa shape index (κ1) is 20.9. The van der Waals surface area contributed by atoms with E-state index >= 15 is 0 Å². The van der Waals surface area contributed by atoms with E-state index < -0.39 is 5.97 Å². The third-order valence-electron chi connectivity index (χ3n) is 3.74. The van der Waals surface area contributed by atoms with Crippen LogP contribution in [0.25, 0.3) is 0 Å². The number of aliphatic carboxylic acids is 1. The minimum absolute atomic E-state index is 0.208. The minimum atomic E-state index is -0.673. The van der Waals surface area contributed by atoms with E-state index in [1.54, 1.807) is 0 Å². The van der Waals surface area contributed by atoms with Crippen molar-refractivity contribution >= 4 is 28.6 Å². The first-order valence-electron chi connectivity index (χ1n) is 8.70. The molecular weight excluding hydrogens is 375 g/mol. The van der Waals surface area contributed by atoms with Gasteiger partial charge in [-0.15, -0.1) is 0 Å². The summed E-state index contributed by atoms with van der Waals surface area (Å²) in [6.07, 6.45) is 20.8. The van der Waals surface area contributed by atoms with Gasteiger partial charge in [-0.2, -0.15) is 0 Å². The van der Waals surface area contributed by atoms with Gasteiger partial charge >= 0.3 is 5.97 Å². The van der Waals surface area contributed by atoms with Crippen LogP contribution in [0.4, 0.5) is 0 Å². The number of carboxylic acid groups (broad SMARTS) is 1. The summed E-state index contributed by atoms with van der Waals surface area (Å²) in [5.74, 6) is -0.673. The highest BCUT2D eigenvalue weighted by atomic mass is 127. The van der Waals surface area contributed by atoms with Gasteiger partial charge < -0.3 is 5.11 Å². The summed E-state index contributed by atoms with van der Waals surface area (Å²) in [7, 11) is 0. The van der Waals surface area contributed by atoms with Crippen LogP contribution in [0.5, 0.6) is 0 Å². The molecule has 0 aliphatic carbocycles. The van der Waals surface area contributed by atoms with Crippen LogP contribution in [0.3, 0.4) is 0 Å². The number of hydrogen-bond acceptors (Lipinski definition) is 1. The highest BCUT2D eigenvalue weighted by molar-refractivity contribution is 14.1. The van der Waals surface area contributed by atoms with E-state index in [0.717, 1.165) is 19.3 Å². The Kier molecular flexibility index (Phi) is 16.3. The van der Waals surface area contributed by atoms with Gasteiger partial charge in [-0.25, -0.2) is 0 Å². The molecule has 0 aliphatic heterocycles. The number of carbonyl (C=O) groups is 1. The van der Waals surface area contributed by atoms with E-state index in [9.17, 15) is 4.79 Å². The fraction of sp³-hybridized carbons (Fsp3) is 0.833. The number of halogens is 1. The summed E-state index contributed by atoms with van der Waals surface area (Å²) in [6, 6.07) is 0. The molecule has 0 saturated carbocycles. The van der Waals surface area contributed by atoms with Crippen molar-refractivity contribution in [3.63, 3.8) is 0 Å². The van der Waals surface area contributed by atoms with Crippen LogP contribution in [0.2, 0.25) is 0 Å². The molecular formula is C18H33IO2. The smallest absolute Gasteiger partial charge is 0.316 e. The molecule has 124 valence electrons. The maximum Gasteiger partial charge on any atom is 0.316 e. The van der Waals surface area contributed by atoms with Gasteiger partial charge in [0, 0.05) is 0 Å². The molecule has 21 heavy (non-hydrogen) atoms. The molecule has 2 nitrogen and oxygen atoms in total. The number of alkyl halides is 1. The van der Waals surface area contributed by atoms with E-state index in [-0.39, 0.29) is 3.92 Å². The Morgan fingerprint density at radius 2 is 1.38 bits per heavy atom.